The number of rotatable bonds is 2. The summed E-state index contributed by atoms with van der Waals surface area (Å²) in [5.41, 5.74) is 2.41. The van der Waals surface area contributed by atoms with E-state index >= 15 is 0 Å². The average molecular weight is 315 g/mol. The lowest BCUT2D eigenvalue weighted by molar-refractivity contribution is -0.134. The number of para-hydroxylation sites is 2. The van der Waals surface area contributed by atoms with Crippen LogP contribution in [0.3, 0.4) is 0 Å². The van der Waals surface area contributed by atoms with Crippen LogP contribution in [-0.4, -0.2) is 22.2 Å². The molecule has 0 aromatic heterocycles. The summed E-state index contributed by atoms with van der Waals surface area (Å²) in [7, 11) is 0. The first kappa shape index (κ1) is 15.7. The minimum absolute atomic E-state index is 0.558. The van der Waals surface area contributed by atoms with Crippen LogP contribution in [0.1, 0.15) is 0 Å². The van der Waals surface area contributed by atoms with Crippen molar-refractivity contribution in [3.05, 3.63) is 60.7 Å². The third-order valence-electron chi connectivity index (χ3n) is 2.63. The third-order valence-corrected chi connectivity index (χ3v) is 3.78. The summed E-state index contributed by atoms with van der Waals surface area (Å²) in [6, 6.07) is 16.8. The summed E-state index contributed by atoms with van der Waals surface area (Å²) in [5, 5.41) is 19.0. The highest BCUT2D eigenvalue weighted by molar-refractivity contribution is 7.99. The van der Waals surface area contributed by atoms with Gasteiger partial charge in [-0.1, -0.05) is 36.0 Å². The minimum Gasteiger partial charge on any atom is -0.478 e. The molecule has 2 aromatic carbocycles. The second-order valence-corrected chi connectivity index (χ2v) is 5.31. The first-order valence-electron chi connectivity index (χ1n) is 6.33. The van der Waals surface area contributed by atoms with Gasteiger partial charge in [-0.05, 0) is 24.3 Å². The summed E-state index contributed by atoms with van der Waals surface area (Å²) in [5.74, 6) is -2.51. The monoisotopic (exact) mass is 315 g/mol. The van der Waals surface area contributed by atoms with Crippen LogP contribution >= 0.6 is 11.8 Å². The van der Waals surface area contributed by atoms with E-state index in [9.17, 15) is 9.59 Å². The second kappa shape index (κ2) is 7.33. The Morgan fingerprint density at radius 2 is 1.23 bits per heavy atom. The summed E-state index contributed by atoms with van der Waals surface area (Å²) in [6.07, 6.45) is 1.12. The van der Waals surface area contributed by atoms with Gasteiger partial charge in [-0.15, -0.1) is 0 Å². The van der Waals surface area contributed by atoms with E-state index in [0.29, 0.717) is 12.2 Å². The molecule has 3 rings (SSSR count). The highest BCUT2D eigenvalue weighted by atomic mass is 32.2. The molecule has 0 atom stereocenters. The van der Waals surface area contributed by atoms with E-state index in [4.69, 9.17) is 10.2 Å². The van der Waals surface area contributed by atoms with E-state index in [0.717, 1.165) is 0 Å². The Labute approximate surface area is 131 Å². The van der Waals surface area contributed by atoms with Crippen molar-refractivity contribution in [3.8, 4) is 0 Å². The Morgan fingerprint density at radius 1 is 0.818 bits per heavy atom. The largest absolute Gasteiger partial charge is 0.478 e. The molecule has 1 aliphatic rings. The van der Waals surface area contributed by atoms with Gasteiger partial charge in [0.05, 0.1) is 11.4 Å². The zero-order chi connectivity index (χ0) is 15.9. The fraction of sp³-hybridized carbons (Fsp3) is 0. The summed E-state index contributed by atoms with van der Waals surface area (Å²) in [4.78, 5) is 21.7. The van der Waals surface area contributed by atoms with Crippen molar-refractivity contribution in [3.63, 3.8) is 0 Å². The van der Waals surface area contributed by atoms with Crippen molar-refractivity contribution >= 4 is 35.1 Å². The second-order valence-electron chi connectivity index (χ2n) is 4.23. The van der Waals surface area contributed by atoms with Crippen LogP contribution in [0, 0.1) is 0 Å². The van der Waals surface area contributed by atoms with Crippen LogP contribution in [0.25, 0.3) is 0 Å². The van der Waals surface area contributed by atoms with E-state index in [2.05, 4.69) is 53.8 Å². The molecule has 0 saturated carbocycles. The van der Waals surface area contributed by atoms with Crippen molar-refractivity contribution in [1.82, 2.24) is 0 Å². The SMILES string of the molecule is O=C(O)/C=C/C(=O)O.c1ccc2c(c1)Nc1ccccc1S2. The van der Waals surface area contributed by atoms with Gasteiger partial charge in [0.2, 0.25) is 0 Å². The Balaban J connectivity index is 0.000000192. The van der Waals surface area contributed by atoms with Gasteiger partial charge in [0.25, 0.3) is 0 Å². The van der Waals surface area contributed by atoms with Gasteiger partial charge >= 0.3 is 11.9 Å². The molecule has 0 spiro atoms. The van der Waals surface area contributed by atoms with Gasteiger partial charge in [-0.25, -0.2) is 9.59 Å². The molecular formula is C16H13NO4S. The molecule has 0 unspecified atom stereocenters. The standard InChI is InChI=1S/C12H9NS.C4H4O4/c1-3-7-11-9(5-1)13-10-6-2-4-8-12(10)14-11;5-3(6)1-2-4(7)8/h1-8,13H;1-2H,(H,5,6)(H,7,8)/b;2-1+. The van der Waals surface area contributed by atoms with Gasteiger partial charge in [0, 0.05) is 21.9 Å². The highest BCUT2D eigenvalue weighted by Gasteiger charge is 2.13. The molecule has 1 aliphatic heterocycles. The predicted octanol–water partition coefficient (Wildman–Crippen LogP) is 3.61. The van der Waals surface area contributed by atoms with Crippen molar-refractivity contribution < 1.29 is 19.8 Å². The van der Waals surface area contributed by atoms with Crippen LogP contribution in [0.5, 0.6) is 0 Å². The lowest BCUT2D eigenvalue weighted by Crippen LogP contribution is -1.98. The van der Waals surface area contributed by atoms with Crippen molar-refractivity contribution in [2.24, 2.45) is 0 Å². The van der Waals surface area contributed by atoms with Gasteiger partial charge in [-0.3, -0.25) is 0 Å². The fourth-order valence-corrected chi connectivity index (χ4v) is 2.71. The predicted molar refractivity (Wildman–Crippen MR) is 84.7 cm³/mol. The molecular weight excluding hydrogens is 302 g/mol. The lowest BCUT2D eigenvalue weighted by atomic mass is 10.2. The maximum atomic E-state index is 9.55. The molecule has 0 radical (unpaired) electrons. The number of aliphatic carboxylic acids is 2. The molecule has 112 valence electrons. The van der Waals surface area contributed by atoms with E-state index in [-0.39, 0.29) is 0 Å². The molecule has 3 N–H and O–H groups in total. The van der Waals surface area contributed by atoms with Crippen LogP contribution in [0.15, 0.2) is 70.5 Å². The van der Waals surface area contributed by atoms with Crippen molar-refractivity contribution in [1.29, 1.82) is 0 Å². The average Bonchev–Trinajstić information content (AvgIpc) is 2.51. The number of fused-ring (bicyclic) bond motifs is 2. The molecule has 1 heterocycles. The van der Waals surface area contributed by atoms with E-state index in [1.54, 1.807) is 0 Å². The molecule has 0 aliphatic carbocycles. The molecule has 0 fully saturated rings. The van der Waals surface area contributed by atoms with Gasteiger partial charge < -0.3 is 15.5 Å². The summed E-state index contributed by atoms with van der Waals surface area (Å²) < 4.78 is 0. The Morgan fingerprint density at radius 3 is 1.64 bits per heavy atom. The number of carboxylic acid groups (broad SMARTS) is 2. The van der Waals surface area contributed by atoms with E-state index < -0.39 is 11.9 Å². The smallest absolute Gasteiger partial charge is 0.328 e. The molecule has 0 bridgehead atoms. The highest BCUT2D eigenvalue weighted by Crippen LogP contribution is 2.43. The zero-order valence-electron chi connectivity index (χ0n) is 11.4. The first-order valence-corrected chi connectivity index (χ1v) is 7.15. The lowest BCUT2D eigenvalue weighted by Gasteiger charge is -2.19. The number of anilines is 2. The van der Waals surface area contributed by atoms with E-state index in [1.165, 1.54) is 21.2 Å². The van der Waals surface area contributed by atoms with E-state index in [1.807, 2.05) is 11.8 Å². The Kier molecular flexibility index (Phi) is 5.21. The van der Waals surface area contributed by atoms with Gasteiger partial charge in [0.15, 0.2) is 0 Å². The van der Waals surface area contributed by atoms with Crippen LogP contribution in [0.4, 0.5) is 11.4 Å². The molecule has 6 heteroatoms. The number of carboxylic acids is 2. The molecule has 0 saturated heterocycles. The maximum Gasteiger partial charge on any atom is 0.328 e. The zero-order valence-corrected chi connectivity index (χ0v) is 12.2. The van der Waals surface area contributed by atoms with Crippen LogP contribution in [0.2, 0.25) is 0 Å². The first-order chi connectivity index (χ1) is 10.6. The molecule has 2 aromatic rings. The number of hydrogen-bond acceptors (Lipinski definition) is 4. The topological polar surface area (TPSA) is 86.6 Å². The number of benzene rings is 2. The van der Waals surface area contributed by atoms with Gasteiger partial charge in [-0.2, -0.15) is 0 Å². The Hall–Kier alpha value is -2.73. The number of hydrogen-bond donors (Lipinski definition) is 3. The normalized spacial score (nSPS) is 11.5. The van der Waals surface area contributed by atoms with Crippen molar-refractivity contribution in [2.45, 2.75) is 9.79 Å². The summed E-state index contributed by atoms with van der Waals surface area (Å²) in [6.45, 7) is 0. The maximum absolute atomic E-state index is 9.55. The van der Waals surface area contributed by atoms with Crippen LogP contribution in [-0.2, 0) is 9.59 Å². The number of nitrogens with one attached hydrogen (secondary N) is 1. The summed E-state index contributed by atoms with van der Waals surface area (Å²) >= 11 is 1.82. The third kappa shape index (κ3) is 4.39. The Bertz CT molecular complexity index is 624. The van der Waals surface area contributed by atoms with Gasteiger partial charge in [0.1, 0.15) is 0 Å². The molecule has 5 nitrogen and oxygen atoms in total. The fourth-order valence-electron chi connectivity index (χ4n) is 1.72. The molecule has 0 amide bonds. The van der Waals surface area contributed by atoms with Crippen molar-refractivity contribution in [2.75, 3.05) is 5.32 Å². The number of carbonyl (C=O) groups is 2. The molecule has 22 heavy (non-hydrogen) atoms. The quantitative estimate of drug-likeness (QED) is 0.626. The van der Waals surface area contributed by atoms with Crippen LogP contribution < -0.4 is 5.32 Å². The minimum atomic E-state index is -1.26.